The SMILES string of the molecule is CC(C)(C)OC(=O)NC[C@@H]1CCSC[C@H]1CN. The summed E-state index contributed by atoms with van der Waals surface area (Å²) in [6.45, 7) is 6.98. The van der Waals surface area contributed by atoms with Crippen molar-refractivity contribution in [3.05, 3.63) is 0 Å². The zero-order chi connectivity index (χ0) is 12.9. The Morgan fingerprint density at radius 2 is 2.18 bits per heavy atom. The van der Waals surface area contributed by atoms with E-state index in [2.05, 4.69) is 5.32 Å². The Labute approximate surface area is 108 Å². The van der Waals surface area contributed by atoms with E-state index in [1.165, 1.54) is 0 Å². The Morgan fingerprint density at radius 1 is 1.47 bits per heavy atom. The fourth-order valence-corrected chi connectivity index (χ4v) is 3.25. The van der Waals surface area contributed by atoms with Gasteiger partial charge in [-0.3, -0.25) is 0 Å². The highest BCUT2D eigenvalue weighted by atomic mass is 32.2. The molecule has 0 aromatic carbocycles. The van der Waals surface area contributed by atoms with E-state index in [4.69, 9.17) is 10.5 Å². The van der Waals surface area contributed by atoms with Crippen LogP contribution >= 0.6 is 11.8 Å². The van der Waals surface area contributed by atoms with Gasteiger partial charge < -0.3 is 15.8 Å². The Hall–Kier alpha value is -0.420. The summed E-state index contributed by atoms with van der Waals surface area (Å²) in [5.41, 5.74) is 5.31. The molecular formula is C12H24N2O2S. The third kappa shape index (κ3) is 5.64. The van der Waals surface area contributed by atoms with Crippen LogP contribution in [0.1, 0.15) is 27.2 Å². The molecule has 1 fully saturated rings. The molecule has 3 N–H and O–H groups in total. The lowest BCUT2D eigenvalue weighted by atomic mass is 9.91. The minimum atomic E-state index is -0.431. The maximum Gasteiger partial charge on any atom is 0.407 e. The van der Waals surface area contributed by atoms with Crippen LogP contribution in [0.3, 0.4) is 0 Å². The van der Waals surface area contributed by atoms with E-state index in [1.807, 2.05) is 32.5 Å². The van der Waals surface area contributed by atoms with Gasteiger partial charge in [0.25, 0.3) is 0 Å². The van der Waals surface area contributed by atoms with Gasteiger partial charge >= 0.3 is 6.09 Å². The molecule has 0 unspecified atom stereocenters. The largest absolute Gasteiger partial charge is 0.444 e. The second kappa shape index (κ2) is 6.50. The summed E-state index contributed by atoms with van der Waals surface area (Å²) in [4.78, 5) is 11.5. The number of nitrogens with two attached hydrogens (primary N) is 1. The van der Waals surface area contributed by atoms with Crippen LogP contribution in [-0.2, 0) is 4.74 Å². The predicted molar refractivity (Wildman–Crippen MR) is 72.2 cm³/mol. The Kier molecular flexibility index (Phi) is 5.59. The number of rotatable bonds is 3. The normalized spacial score (nSPS) is 25.4. The fourth-order valence-electron chi connectivity index (χ4n) is 1.90. The Bertz CT molecular complexity index is 253. The minimum Gasteiger partial charge on any atom is -0.444 e. The van der Waals surface area contributed by atoms with Crippen molar-refractivity contribution in [1.29, 1.82) is 0 Å². The van der Waals surface area contributed by atoms with E-state index in [-0.39, 0.29) is 6.09 Å². The fraction of sp³-hybridized carbons (Fsp3) is 0.917. The van der Waals surface area contributed by atoms with Gasteiger partial charge in [-0.15, -0.1) is 0 Å². The van der Waals surface area contributed by atoms with Crippen LogP contribution in [0.2, 0.25) is 0 Å². The average Bonchev–Trinajstić information content (AvgIpc) is 2.24. The monoisotopic (exact) mass is 260 g/mol. The second-order valence-corrected chi connectivity index (χ2v) is 6.65. The number of carbonyl (C=O) groups excluding carboxylic acids is 1. The van der Waals surface area contributed by atoms with Crippen LogP contribution in [0.4, 0.5) is 4.79 Å². The summed E-state index contributed by atoms with van der Waals surface area (Å²) in [5, 5.41) is 2.85. The van der Waals surface area contributed by atoms with Crippen LogP contribution < -0.4 is 11.1 Å². The molecule has 1 heterocycles. The van der Waals surface area contributed by atoms with Gasteiger partial charge in [0.05, 0.1) is 0 Å². The molecule has 4 nitrogen and oxygen atoms in total. The number of ether oxygens (including phenoxy) is 1. The molecule has 0 spiro atoms. The Balaban J connectivity index is 2.31. The first kappa shape index (κ1) is 14.6. The van der Waals surface area contributed by atoms with Crippen LogP contribution in [-0.4, -0.2) is 36.3 Å². The van der Waals surface area contributed by atoms with Crippen molar-refractivity contribution in [2.24, 2.45) is 17.6 Å². The van der Waals surface area contributed by atoms with E-state index in [1.54, 1.807) is 0 Å². The Morgan fingerprint density at radius 3 is 2.76 bits per heavy atom. The predicted octanol–water partition coefficient (Wildman–Crippen LogP) is 1.84. The lowest BCUT2D eigenvalue weighted by Crippen LogP contribution is -2.40. The number of hydrogen-bond acceptors (Lipinski definition) is 4. The third-order valence-corrected chi connectivity index (χ3v) is 4.03. The van der Waals surface area contributed by atoms with Crippen molar-refractivity contribution in [2.45, 2.75) is 32.8 Å². The molecule has 1 saturated heterocycles. The lowest BCUT2D eigenvalue weighted by Gasteiger charge is -2.30. The van der Waals surface area contributed by atoms with Gasteiger partial charge in [0.1, 0.15) is 5.60 Å². The van der Waals surface area contributed by atoms with Gasteiger partial charge in [0, 0.05) is 6.54 Å². The first-order valence-corrected chi connectivity index (χ1v) is 7.32. The van der Waals surface area contributed by atoms with E-state index >= 15 is 0 Å². The molecule has 0 aromatic rings. The van der Waals surface area contributed by atoms with Crippen molar-refractivity contribution in [1.82, 2.24) is 5.32 Å². The molecule has 100 valence electrons. The maximum absolute atomic E-state index is 11.5. The van der Waals surface area contributed by atoms with Crippen LogP contribution in [0.15, 0.2) is 0 Å². The van der Waals surface area contributed by atoms with Crippen molar-refractivity contribution < 1.29 is 9.53 Å². The topological polar surface area (TPSA) is 64.3 Å². The molecule has 5 heteroatoms. The molecule has 0 aromatic heterocycles. The molecule has 17 heavy (non-hydrogen) atoms. The molecular weight excluding hydrogens is 236 g/mol. The molecule has 0 radical (unpaired) electrons. The highest BCUT2D eigenvalue weighted by molar-refractivity contribution is 7.99. The van der Waals surface area contributed by atoms with E-state index in [9.17, 15) is 4.79 Å². The number of amides is 1. The van der Waals surface area contributed by atoms with Crippen molar-refractivity contribution in [2.75, 3.05) is 24.6 Å². The molecule has 1 rings (SSSR count). The molecule has 0 saturated carbocycles. The van der Waals surface area contributed by atoms with Crippen LogP contribution in [0.25, 0.3) is 0 Å². The molecule has 1 amide bonds. The van der Waals surface area contributed by atoms with E-state index in [0.717, 1.165) is 17.9 Å². The summed E-state index contributed by atoms with van der Waals surface area (Å²) in [6, 6.07) is 0. The van der Waals surface area contributed by atoms with Gasteiger partial charge in [-0.25, -0.2) is 4.79 Å². The number of alkyl carbamates (subject to hydrolysis) is 1. The summed E-state index contributed by atoms with van der Waals surface area (Å²) in [6.07, 6.45) is 0.800. The maximum atomic E-state index is 11.5. The molecule has 0 aliphatic carbocycles. The smallest absolute Gasteiger partial charge is 0.407 e. The number of thioether (sulfide) groups is 1. The van der Waals surface area contributed by atoms with Crippen molar-refractivity contribution >= 4 is 17.9 Å². The van der Waals surface area contributed by atoms with Gasteiger partial charge in [-0.2, -0.15) is 11.8 Å². The zero-order valence-corrected chi connectivity index (χ0v) is 11.8. The van der Waals surface area contributed by atoms with Crippen molar-refractivity contribution in [3.8, 4) is 0 Å². The summed E-state index contributed by atoms with van der Waals surface area (Å²) >= 11 is 1.95. The average molecular weight is 260 g/mol. The minimum absolute atomic E-state index is 0.327. The molecule has 2 atom stereocenters. The highest BCUT2D eigenvalue weighted by Crippen LogP contribution is 2.27. The summed E-state index contributed by atoms with van der Waals surface area (Å²) in [5.74, 6) is 3.28. The number of hydrogen-bond donors (Lipinski definition) is 2. The van der Waals surface area contributed by atoms with Gasteiger partial charge in [-0.1, -0.05) is 0 Å². The lowest BCUT2D eigenvalue weighted by molar-refractivity contribution is 0.0513. The van der Waals surface area contributed by atoms with Gasteiger partial charge in [-0.05, 0) is 57.1 Å². The molecule has 0 bridgehead atoms. The van der Waals surface area contributed by atoms with E-state index in [0.29, 0.717) is 24.9 Å². The van der Waals surface area contributed by atoms with Crippen molar-refractivity contribution in [3.63, 3.8) is 0 Å². The van der Waals surface area contributed by atoms with Gasteiger partial charge in [0.2, 0.25) is 0 Å². The number of nitrogens with one attached hydrogen (secondary N) is 1. The van der Waals surface area contributed by atoms with E-state index < -0.39 is 5.60 Å². The summed E-state index contributed by atoms with van der Waals surface area (Å²) in [7, 11) is 0. The third-order valence-electron chi connectivity index (χ3n) is 2.84. The summed E-state index contributed by atoms with van der Waals surface area (Å²) < 4.78 is 5.21. The molecule has 1 aliphatic rings. The second-order valence-electron chi connectivity index (χ2n) is 5.50. The first-order valence-electron chi connectivity index (χ1n) is 6.17. The molecule has 1 aliphatic heterocycles. The quantitative estimate of drug-likeness (QED) is 0.812. The first-order chi connectivity index (χ1) is 7.92. The van der Waals surface area contributed by atoms with Crippen LogP contribution in [0, 0.1) is 11.8 Å². The van der Waals surface area contributed by atoms with Crippen LogP contribution in [0.5, 0.6) is 0 Å². The standard InChI is InChI=1S/C12H24N2O2S/c1-12(2,3)16-11(15)14-7-9-4-5-17-8-10(9)6-13/h9-10H,4-8,13H2,1-3H3,(H,14,15)/t9-,10+/m0/s1. The zero-order valence-electron chi connectivity index (χ0n) is 11.0. The van der Waals surface area contributed by atoms with Gasteiger partial charge in [0.15, 0.2) is 0 Å². The number of carbonyl (C=O) groups is 1. The highest BCUT2D eigenvalue weighted by Gasteiger charge is 2.25.